The van der Waals surface area contributed by atoms with Gasteiger partial charge in [-0.1, -0.05) is 43.3 Å². The van der Waals surface area contributed by atoms with Crippen molar-refractivity contribution >= 4 is 10.9 Å². The number of aromatic amines is 1. The number of morpholine rings is 1. The van der Waals surface area contributed by atoms with Gasteiger partial charge in [-0.2, -0.15) is 5.26 Å². The fourth-order valence-corrected chi connectivity index (χ4v) is 4.61. The zero-order valence-corrected chi connectivity index (χ0v) is 20.2. The molecule has 0 saturated carbocycles. The van der Waals surface area contributed by atoms with Crippen LogP contribution in [0.4, 0.5) is 0 Å². The first-order valence-corrected chi connectivity index (χ1v) is 12.2. The largest absolute Gasteiger partial charge is 0.379 e. The number of ether oxygens (including phenoxy) is 1. The molecule has 2 heterocycles. The van der Waals surface area contributed by atoms with Crippen LogP contribution in [0.3, 0.4) is 0 Å². The third-order valence-corrected chi connectivity index (χ3v) is 6.77. The average molecular weight is 459 g/mol. The number of fused-ring (bicyclic) bond motifs is 1. The van der Waals surface area contributed by atoms with Crippen LogP contribution in [0, 0.1) is 11.3 Å². The van der Waals surface area contributed by atoms with E-state index in [0.29, 0.717) is 12.8 Å². The number of rotatable bonds is 9. The highest BCUT2D eigenvalue weighted by Crippen LogP contribution is 2.30. The van der Waals surface area contributed by atoms with Crippen molar-refractivity contribution in [2.75, 3.05) is 39.4 Å². The lowest BCUT2D eigenvalue weighted by Gasteiger charge is -2.26. The Morgan fingerprint density at radius 2 is 1.94 bits per heavy atom. The van der Waals surface area contributed by atoms with Crippen LogP contribution in [0.2, 0.25) is 0 Å². The first-order chi connectivity index (χ1) is 16.5. The molecule has 1 unspecified atom stereocenters. The monoisotopic (exact) mass is 458 g/mol. The maximum absolute atomic E-state index is 12.3. The summed E-state index contributed by atoms with van der Waals surface area (Å²) in [6, 6.07) is 18.9. The Bertz CT molecular complexity index is 1220. The fraction of sp³-hybridized carbons (Fsp3) is 0.429. The number of nitrogens with zero attached hydrogens (tertiary/aromatic N) is 2. The van der Waals surface area contributed by atoms with Gasteiger partial charge in [-0.15, -0.1) is 0 Å². The number of aryl methyl sites for hydroxylation is 1. The van der Waals surface area contributed by atoms with E-state index >= 15 is 0 Å². The first kappa shape index (κ1) is 24.2. The molecule has 2 aromatic carbocycles. The van der Waals surface area contributed by atoms with Gasteiger partial charge in [-0.25, -0.2) is 0 Å². The van der Waals surface area contributed by atoms with Gasteiger partial charge in [-0.05, 0) is 54.0 Å². The van der Waals surface area contributed by atoms with Crippen LogP contribution in [0.5, 0.6) is 0 Å². The highest BCUT2D eigenvalue weighted by atomic mass is 16.5. The van der Waals surface area contributed by atoms with Gasteiger partial charge in [0, 0.05) is 43.8 Å². The zero-order chi connectivity index (χ0) is 24.0. The van der Waals surface area contributed by atoms with Crippen LogP contribution in [0.15, 0.2) is 53.3 Å². The molecule has 1 fully saturated rings. The van der Waals surface area contributed by atoms with E-state index < -0.39 is 5.41 Å². The van der Waals surface area contributed by atoms with Crippen molar-refractivity contribution in [3.63, 3.8) is 0 Å². The Kier molecular flexibility index (Phi) is 7.79. The number of pyridine rings is 1. The zero-order valence-electron chi connectivity index (χ0n) is 20.2. The van der Waals surface area contributed by atoms with Gasteiger partial charge in [-0.3, -0.25) is 9.69 Å². The molecule has 0 amide bonds. The van der Waals surface area contributed by atoms with E-state index in [-0.39, 0.29) is 5.56 Å². The Labute approximate surface area is 201 Å². The molecule has 1 atom stereocenters. The molecular weight excluding hydrogens is 424 g/mol. The predicted octanol–water partition coefficient (Wildman–Crippen LogP) is 3.54. The quantitative estimate of drug-likeness (QED) is 0.480. The summed E-state index contributed by atoms with van der Waals surface area (Å²) in [6.07, 6.45) is 1.30. The van der Waals surface area contributed by atoms with E-state index in [0.717, 1.165) is 73.5 Å². The molecule has 0 radical (unpaired) electrons. The van der Waals surface area contributed by atoms with E-state index in [1.165, 1.54) is 5.56 Å². The summed E-state index contributed by atoms with van der Waals surface area (Å²) in [4.78, 5) is 17.7. The lowest BCUT2D eigenvalue weighted by atomic mass is 9.78. The number of nitrogens with one attached hydrogen (secondary N) is 2. The Hall–Kier alpha value is -2.98. The molecule has 1 saturated heterocycles. The van der Waals surface area contributed by atoms with Gasteiger partial charge in [0.1, 0.15) is 0 Å². The van der Waals surface area contributed by atoms with Crippen molar-refractivity contribution < 1.29 is 4.74 Å². The smallest absolute Gasteiger partial charge is 0.251 e. The molecule has 1 aromatic heterocycles. The van der Waals surface area contributed by atoms with Crippen molar-refractivity contribution in [1.29, 1.82) is 5.26 Å². The van der Waals surface area contributed by atoms with Gasteiger partial charge in [0.15, 0.2) is 0 Å². The van der Waals surface area contributed by atoms with Gasteiger partial charge < -0.3 is 15.0 Å². The second-order valence-electron chi connectivity index (χ2n) is 9.35. The van der Waals surface area contributed by atoms with Crippen LogP contribution < -0.4 is 10.9 Å². The molecule has 34 heavy (non-hydrogen) atoms. The highest BCUT2D eigenvalue weighted by Gasteiger charge is 2.27. The molecule has 1 aliphatic heterocycles. The molecule has 6 heteroatoms. The topological polar surface area (TPSA) is 81.2 Å². The number of aromatic nitrogens is 1. The van der Waals surface area contributed by atoms with Gasteiger partial charge >= 0.3 is 0 Å². The lowest BCUT2D eigenvalue weighted by Crippen LogP contribution is -2.40. The molecule has 1 aliphatic rings. The van der Waals surface area contributed by atoms with Crippen molar-refractivity contribution in [3.05, 3.63) is 81.1 Å². The maximum atomic E-state index is 12.3. The number of hydrogen-bond donors (Lipinski definition) is 2. The molecular formula is C28H34N4O2. The number of H-pyrrole nitrogens is 1. The van der Waals surface area contributed by atoms with E-state index in [1.807, 2.05) is 38.1 Å². The SMILES string of the molecule is CCc1cc2ccc(C(C)(C#N)Cc3cccc(CNCCN4CCOCC4)c3)cc2[nH]c1=O. The van der Waals surface area contributed by atoms with E-state index in [4.69, 9.17) is 4.74 Å². The van der Waals surface area contributed by atoms with Crippen LogP contribution in [-0.4, -0.2) is 49.3 Å². The summed E-state index contributed by atoms with van der Waals surface area (Å²) >= 11 is 0. The summed E-state index contributed by atoms with van der Waals surface area (Å²) in [5, 5.41) is 14.7. The van der Waals surface area contributed by atoms with Crippen molar-refractivity contribution in [1.82, 2.24) is 15.2 Å². The van der Waals surface area contributed by atoms with Gasteiger partial charge in [0.25, 0.3) is 5.56 Å². The molecule has 0 aliphatic carbocycles. The van der Waals surface area contributed by atoms with E-state index in [9.17, 15) is 10.1 Å². The number of nitriles is 1. The molecule has 0 bridgehead atoms. The predicted molar refractivity (Wildman–Crippen MR) is 136 cm³/mol. The van der Waals surface area contributed by atoms with Gasteiger partial charge in [0.2, 0.25) is 0 Å². The Balaban J connectivity index is 1.44. The Morgan fingerprint density at radius 1 is 1.15 bits per heavy atom. The number of hydrogen-bond acceptors (Lipinski definition) is 5. The van der Waals surface area contributed by atoms with E-state index in [2.05, 4.69) is 45.5 Å². The maximum Gasteiger partial charge on any atom is 0.251 e. The minimum absolute atomic E-state index is 0.0559. The summed E-state index contributed by atoms with van der Waals surface area (Å²) in [7, 11) is 0. The fourth-order valence-electron chi connectivity index (χ4n) is 4.61. The minimum atomic E-state index is -0.698. The minimum Gasteiger partial charge on any atom is -0.379 e. The molecule has 178 valence electrons. The second kappa shape index (κ2) is 11.0. The van der Waals surface area contributed by atoms with Crippen molar-refractivity contribution in [3.8, 4) is 6.07 Å². The van der Waals surface area contributed by atoms with Crippen LogP contribution in [-0.2, 0) is 29.5 Å². The van der Waals surface area contributed by atoms with Crippen LogP contribution >= 0.6 is 0 Å². The highest BCUT2D eigenvalue weighted by molar-refractivity contribution is 5.80. The third-order valence-electron chi connectivity index (χ3n) is 6.77. The Morgan fingerprint density at radius 3 is 2.71 bits per heavy atom. The summed E-state index contributed by atoms with van der Waals surface area (Å²) < 4.78 is 5.40. The summed E-state index contributed by atoms with van der Waals surface area (Å²) in [5.41, 5.74) is 4.06. The van der Waals surface area contributed by atoms with E-state index in [1.54, 1.807) is 0 Å². The standard InChI is InChI=1S/C28H34N4O2/c1-3-23-16-24-7-8-25(17-26(24)31-27(23)33)28(2,20-29)18-21-5-4-6-22(15-21)19-30-9-10-32-11-13-34-14-12-32/h4-8,15-17,30H,3,9-14,18-19H2,1-2H3,(H,31,33). The third kappa shape index (κ3) is 5.74. The molecule has 6 nitrogen and oxygen atoms in total. The first-order valence-electron chi connectivity index (χ1n) is 12.2. The van der Waals surface area contributed by atoms with Crippen molar-refractivity contribution in [2.24, 2.45) is 0 Å². The lowest BCUT2D eigenvalue weighted by molar-refractivity contribution is 0.0384. The number of benzene rings is 2. The average Bonchev–Trinajstić information content (AvgIpc) is 2.86. The summed E-state index contributed by atoms with van der Waals surface area (Å²) in [6.45, 7) is 10.4. The van der Waals surface area contributed by atoms with Crippen LogP contribution in [0.25, 0.3) is 10.9 Å². The van der Waals surface area contributed by atoms with Crippen LogP contribution in [0.1, 0.15) is 36.1 Å². The molecule has 3 aromatic rings. The molecule has 0 spiro atoms. The molecule has 4 rings (SSSR count). The normalized spacial score (nSPS) is 16.3. The van der Waals surface area contributed by atoms with Gasteiger partial charge in [0.05, 0.1) is 24.7 Å². The summed E-state index contributed by atoms with van der Waals surface area (Å²) in [5.74, 6) is 0. The second-order valence-corrected chi connectivity index (χ2v) is 9.35. The molecule has 2 N–H and O–H groups in total. The van der Waals surface area contributed by atoms with Crippen molar-refractivity contribution in [2.45, 2.75) is 38.6 Å².